The summed E-state index contributed by atoms with van der Waals surface area (Å²) in [5.41, 5.74) is 7.41. The molecule has 184 valence electrons. The Kier molecular flexibility index (Phi) is 4.61. The van der Waals surface area contributed by atoms with Crippen molar-refractivity contribution in [1.29, 1.82) is 0 Å². The van der Waals surface area contributed by atoms with Crippen LogP contribution in [0.1, 0.15) is 33.4 Å². The number of carbonyl (C=O) groups is 1. The van der Waals surface area contributed by atoms with Crippen LogP contribution in [0.2, 0.25) is 0 Å². The third kappa shape index (κ3) is 2.98. The van der Waals surface area contributed by atoms with Crippen LogP contribution in [0, 0.1) is 20.8 Å². The summed E-state index contributed by atoms with van der Waals surface area (Å²) in [5, 5.41) is 0. The molecule has 4 aromatic carbocycles. The standard InChI is InChI=1S/C32H28NO4/c1-20-7-6-8-23(12-20)17-33(24-13-21(2)11-22(3)14-24)27-10-5-4-9-25(27)32(31(33)34)18-35-28-16-30-29(15-26(28)32)36-19-37-30/h4-16H,17-19H2,1-3H3/q+1. The van der Waals surface area contributed by atoms with E-state index in [4.69, 9.17) is 14.2 Å². The molecule has 1 amide bonds. The Morgan fingerprint density at radius 2 is 1.49 bits per heavy atom. The van der Waals surface area contributed by atoms with Crippen LogP contribution in [0.15, 0.2) is 78.9 Å². The van der Waals surface area contributed by atoms with Crippen molar-refractivity contribution >= 4 is 17.3 Å². The Labute approximate surface area is 216 Å². The average Bonchev–Trinajstić information content (AvgIpc) is 3.54. The van der Waals surface area contributed by atoms with E-state index in [1.807, 2.05) is 24.3 Å². The fourth-order valence-electron chi connectivity index (χ4n) is 6.52. The molecule has 0 radical (unpaired) electrons. The zero-order valence-electron chi connectivity index (χ0n) is 21.2. The van der Waals surface area contributed by atoms with E-state index in [-0.39, 0.29) is 23.8 Å². The molecule has 0 fully saturated rings. The molecule has 4 aromatic rings. The first-order valence-corrected chi connectivity index (χ1v) is 12.7. The molecule has 2 unspecified atom stereocenters. The van der Waals surface area contributed by atoms with Crippen molar-refractivity contribution in [3.63, 3.8) is 0 Å². The van der Waals surface area contributed by atoms with Gasteiger partial charge in [-0.3, -0.25) is 0 Å². The lowest BCUT2D eigenvalue weighted by Gasteiger charge is -2.34. The van der Waals surface area contributed by atoms with Crippen molar-refractivity contribution in [2.45, 2.75) is 32.7 Å². The summed E-state index contributed by atoms with van der Waals surface area (Å²) in [5.74, 6) is 2.09. The Balaban J connectivity index is 1.53. The minimum atomic E-state index is -0.950. The van der Waals surface area contributed by atoms with Gasteiger partial charge in [-0.25, -0.2) is 4.79 Å². The Hall–Kier alpha value is -4.09. The number of para-hydroxylation sites is 1. The maximum absolute atomic E-state index is 15.3. The highest BCUT2D eigenvalue weighted by molar-refractivity contribution is 6.11. The maximum Gasteiger partial charge on any atom is 0.343 e. The van der Waals surface area contributed by atoms with Crippen LogP contribution in [0.3, 0.4) is 0 Å². The van der Waals surface area contributed by atoms with E-state index in [1.54, 1.807) is 0 Å². The van der Waals surface area contributed by atoms with Crippen molar-refractivity contribution in [3.05, 3.63) is 112 Å². The summed E-state index contributed by atoms with van der Waals surface area (Å²) < 4.78 is 17.7. The van der Waals surface area contributed by atoms with Gasteiger partial charge >= 0.3 is 5.91 Å². The van der Waals surface area contributed by atoms with Crippen LogP contribution in [0.5, 0.6) is 17.2 Å². The van der Waals surface area contributed by atoms with Gasteiger partial charge in [0, 0.05) is 41.0 Å². The van der Waals surface area contributed by atoms with Crippen LogP contribution in [-0.4, -0.2) is 19.3 Å². The molecule has 0 bridgehead atoms. The van der Waals surface area contributed by atoms with Crippen molar-refractivity contribution in [2.75, 3.05) is 13.4 Å². The van der Waals surface area contributed by atoms with Gasteiger partial charge in [-0.2, -0.15) is 4.48 Å². The molecule has 37 heavy (non-hydrogen) atoms. The van der Waals surface area contributed by atoms with Crippen molar-refractivity contribution < 1.29 is 19.0 Å². The zero-order chi connectivity index (χ0) is 25.4. The minimum absolute atomic E-state index is 0.0952. The Morgan fingerprint density at radius 3 is 2.27 bits per heavy atom. The number of aryl methyl sites for hydroxylation is 3. The van der Waals surface area contributed by atoms with E-state index in [2.05, 4.69) is 75.4 Å². The van der Waals surface area contributed by atoms with Crippen LogP contribution >= 0.6 is 0 Å². The number of nitrogens with zero attached hydrogens (tertiary/aromatic N) is 1. The average molecular weight is 491 g/mol. The van der Waals surface area contributed by atoms with Gasteiger partial charge in [-0.05, 0) is 38.0 Å². The number of benzene rings is 4. The Bertz CT molecular complexity index is 1590. The van der Waals surface area contributed by atoms with Gasteiger partial charge in [0.2, 0.25) is 6.79 Å². The summed E-state index contributed by atoms with van der Waals surface area (Å²) in [4.78, 5) is 15.3. The second-order valence-electron chi connectivity index (χ2n) is 10.5. The molecule has 5 nitrogen and oxygen atoms in total. The summed E-state index contributed by atoms with van der Waals surface area (Å²) in [6.45, 7) is 7.22. The summed E-state index contributed by atoms with van der Waals surface area (Å²) in [7, 11) is 0. The molecule has 0 N–H and O–H groups in total. The van der Waals surface area contributed by atoms with Crippen LogP contribution in [-0.2, 0) is 16.8 Å². The predicted octanol–water partition coefficient (Wildman–Crippen LogP) is 6.40. The van der Waals surface area contributed by atoms with Crippen LogP contribution in [0.25, 0.3) is 0 Å². The fourth-order valence-corrected chi connectivity index (χ4v) is 6.52. The second-order valence-corrected chi connectivity index (χ2v) is 10.5. The molecule has 3 heterocycles. The number of ether oxygens (including phenoxy) is 3. The highest BCUT2D eigenvalue weighted by atomic mass is 16.7. The number of fused-ring (bicyclic) bond motifs is 5. The summed E-state index contributed by atoms with van der Waals surface area (Å²) in [6.07, 6.45) is 0. The number of carbonyl (C=O) groups excluding carboxylic acids is 1. The molecule has 0 aliphatic carbocycles. The molecular formula is C32H28NO4+. The molecule has 5 heteroatoms. The SMILES string of the molecule is Cc1cccc(C[N+]2(c3cc(C)cc(C)c3)C(=O)C3(COc4cc5c(cc43)OCO5)c3ccccc32)c1. The monoisotopic (exact) mass is 490 g/mol. The van der Waals surface area contributed by atoms with E-state index in [9.17, 15) is 0 Å². The smallest absolute Gasteiger partial charge is 0.343 e. The highest BCUT2D eigenvalue weighted by Gasteiger charge is 2.67. The van der Waals surface area contributed by atoms with Gasteiger partial charge in [0.1, 0.15) is 24.6 Å². The maximum atomic E-state index is 15.3. The largest absolute Gasteiger partial charge is 0.491 e. The molecule has 0 saturated carbocycles. The van der Waals surface area contributed by atoms with Crippen molar-refractivity contribution in [3.8, 4) is 17.2 Å². The van der Waals surface area contributed by atoms with E-state index in [0.29, 0.717) is 23.8 Å². The molecule has 3 aliphatic rings. The van der Waals surface area contributed by atoms with Gasteiger partial charge in [0.25, 0.3) is 0 Å². The van der Waals surface area contributed by atoms with Crippen molar-refractivity contribution in [1.82, 2.24) is 4.48 Å². The first kappa shape index (κ1) is 22.1. The van der Waals surface area contributed by atoms with Crippen LogP contribution < -0.4 is 18.7 Å². The van der Waals surface area contributed by atoms with Crippen LogP contribution in [0.4, 0.5) is 11.4 Å². The lowest BCUT2D eigenvalue weighted by molar-refractivity contribution is -0.131. The fraction of sp³-hybridized carbons (Fsp3) is 0.219. The molecule has 7 rings (SSSR count). The lowest BCUT2D eigenvalue weighted by Crippen LogP contribution is -2.53. The predicted molar refractivity (Wildman–Crippen MR) is 143 cm³/mol. The van der Waals surface area contributed by atoms with E-state index < -0.39 is 5.41 Å². The minimum Gasteiger partial charge on any atom is -0.491 e. The quantitative estimate of drug-likeness (QED) is 0.312. The summed E-state index contributed by atoms with van der Waals surface area (Å²) >= 11 is 0. The molecule has 2 atom stereocenters. The van der Waals surface area contributed by atoms with E-state index >= 15 is 4.79 Å². The first-order chi connectivity index (χ1) is 17.9. The van der Waals surface area contributed by atoms with Gasteiger partial charge in [-0.15, -0.1) is 0 Å². The van der Waals surface area contributed by atoms with Crippen molar-refractivity contribution in [2.24, 2.45) is 0 Å². The number of amides is 1. The van der Waals surface area contributed by atoms with Gasteiger partial charge in [0.15, 0.2) is 22.6 Å². The normalized spacial score (nSPS) is 22.7. The highest BCUT2D eigenvalue weighted by Crippen LogP contribution is 2.60. The number of quaternary nitrogens is 1. The summed E-state index contributed by atoms with van der Waals surface area (Å²) in [6, 6.07) is 27.0. The second kappa shape index (κ2) is 7.70. The Morgan fingerprint density at radius 1 is 0.730 bits per heavy atom. The molecule has 0 saturated heterocycles. The molecule has 3 aliphatic heterocycles. The number of hydrogen-bond donors (Lipinski definition) is 0. The van der Waals surface area contributed by atoms with Gasteiger partial charge in [0.05, 0.1) is 0 Å². The molecule has 0 aromatic heterocycles. The van der Waals surface area contributed by atoms with E-state index in [1.165, 1.54) is 5.56 Å². The number of rotatable bonds is 3. The molecule has 1 spiro atoms. The first-order valence-electron chi connectivity index (χ1n) is 12.7. The third-order valence-electron chi connectivity index (χ3n) is 8.02. The lowest BCUT2D eigenvalue weighted by atomic mass is 9.77. The van der Waals surface area contributed by atoms with Gasteiger partial charge in [-0.1, -0.05) is 54.1 Å². The topological polar surface area (TPSA) is 44.8 Å². The number of hydrogen-bond acceptors (Lipinski definition) is 4. The third-order valence-corrected chi connectivity index (χ3v) is 8.02. The van der Waals surface area contributed by atoms with Gasteiger partial charge < -0.3 is 14.2 Å². The van der Waals surface area contributed by atoms with E-state index in [0.717, 1.165) is 39.2 Å². The zero-order valence-corrected chi connectivity index (χ0v) is 21.2. The molecular weight excluding hydrogens is 462 g/mol.